The number of aliphatic hydroxyl groups excluding tert-OH is 1. The Kier molecular flexibility index (Phi) is 1.87. The van der Waals surface area contributed by atoms with Gasteiger partial charge in [-0.2, -0.15) is 0 Å². The van der Waals surface area contributed by atoms with Crippen LogP contribution in [0.3, 0.4) is 0 Å². The third-order valence-electron chi connectivity index (χ3n) is 3.16. The van der Waals surface area contributed by atoms with E-state index in [1.165, 1.54) is 0 Å². The molecule has 0 amide bonds. The number of hydrogen-bond donors (Lipinski definition) is 3. The smallest absolute Gasteiger partial charge is 0.0694 e. The quantitative estimate of drug-likeness (QED) is 0.435. The normalized spacial score (nSPS) is 50.7. The summed E-state index contributed by atoms with van der Waals surface area (Å²) in [7, 11) is 0. The number of hydrogen-bond acceptors (Lipinski definition) is 3. The second kappa shape index (κ2) is 2.73. The van der Waals surface area contributed by atoms with E-state index in [0.29, 0.717) is 5.92 Å². The first-order valence-electron chi connectivity index (χ1n) is 4.43. The molecule has 4 N–H and O–H groups in total. The van der Waals surface area contributed by atoms with Crippen LogP contribution in [0, 0.1) is 11.8 Å². The molecule has 11 heavy (non-hydrogen) atoms. The van der Waals surface area contributed by atoms with E-state index < -0.39 is 0 Å². The van der Waals surface area contributed by atoms with Crippen molar-refractivity contribution in [3.05, 3.63) is 0 Å². The highest BCUT2D eigenvalue weighted by atomic mass is 16.3. The van der Waals surface area contributed by atoms with Crippen LogP contribution in [0.15, 0.2) is 0 Å². The van der Waals surface area contributed by atoms with Gasteiger partial charge in [0.05, 0.1) is 6.10 Å². The minimum absolute atomic E-state index is 0.0174. The lowest BCUT2D eigenvalue weighted by Gasteiger charge is -2.34. The molecular weight excluding hydrogens is 140 g/mol. The Bertz CT molecular complexity index is 151. The molecule has 0 unspecified atom stereocenters. The zero-order valence-corrected chi connectivity index (χ0v) is 6.66. The molecule has 2 rings (SSSR count). The van der Waals surface area contributed by atoms with Crippen molar-refractivity contribution in [2.45, 2.75) is 25.0 Å². The van der Waals surface area contributed by atoms with Gasteiger partial charge in [-0.15, -0.1) is 0 Å². The van der Waals surface area contributed by atoms with Crippen LogP contribution >= 0.6 is 0 Å². The average Bonchev–Trinajstić information content (AvgIpc) is 2.45. The molecule has 3 nitrogen and oxygen atoms in total. The van der Waals surface area contributed by atoms with E-state index in [-0.39, 0.29) is 12.1 Å². The highest BCUT2D eigenvalue weighted by Gasteiger charge is 2.38. The van der Waals surface area contributed by atoms with Crippen molar-refractivity contribution in [2.75, 3.05) is 13.1 Å². The van der Waals surface area contributed by atoms with Crippen molar-refractivity contribution in [3.63, 3.8) is 0 Å². The lowest BCUT2D eigenvalue weighted by Crippen LogP contribution is -2.47. The van der Waals surface area contributed by atoms with Gasteiger partial charge in [0.2, 0.25) is 0 Å². The summed E-state index contributed by atoms with van der Waals surface area (Å²) in [6, 6.07) is 0.0174. The van der Waals surface area contributed by atoms with Crippen LogP contribution in [0.25, 0.3) is 0 Å². The highest BCUT2D eigenvalue weighted by Crippen LogP contribution is 2.31. The van der Waals surface area contributed by atoms with Gasteiger partial charge >= 0.3 is 0 Å². The van der Waals surface area contributed by atoms with Crippen molar-refractivity contribution in [1.29, 1.82) is 0 Å². The largest absolute Gasteiger partial charge is 0.392 e. The van der Waals surface area contributed by atoms with E-state index in [0.717, 1.165) is 31.8 Å². The van der Waals surface area contributed by atoms with Gasteiger partial charge in [-0.05, 0) is 37.8 Å². The molecule has 1 aliphatic carbocycles. The van der Waals surface area contributed by atoms with Crippen LogP contribution < -0.4 is 11.1 Å². The molecule has 2 aliphatic rings. The molecule has 0 aromatic carbocycles. The molecule has 0 bridgehead atoms. The van der Waals surface area contributed by atoms with Crippen LogP contribution in [0.2, 0.25) is 0 Å². The summed E-state index contributed by atoms with van der Waals surface area (Å²) in [6.45, 7) is 2.11. The molecule has 0 spiro atoms. The second-order valence-electron chi connectivity index (χ2n) is 3.80. The van der Waals surface area contributed by atoms with E-state index in [4.69, 9.17) is 5.73 Å². The lowest BCUT2D eigenvalue weighted by molar-refractivity contribution is 0.0624. The van der Waals surface area contributed by atoms with Gasteiger partial charge in [-0.1, -0.05) is 0 Å². The number of fused-ring (bicyclic) bond motifs is 1. The van der Waals surface area contributed by atoms with Crippen LogP contribution in [0.5, 0.6) is 0 Å². The van der Waals surface area contributed by atoms with Gasteiger partial charge in [-0.3, -0.25) is 0 Å². The molecule has 0 aromatic heterocycles. The van der Waals surface area contributed by atoms with E-state index in [1.54, 1.807) is 0 Å². The summed E-state index contributed by atoms with van der Waals surface area (Å²) in [5.74, 6) is 1.26. The van der Waals surface area contributed by atoms with Crippen molar-refractivity contribution in [2.24, 2.45) is 17.6 Å². The SMILES string of the molecule is N[C@H]1[C@H]2CNC[C@H]2CC[C@H]1O. The molecule has 1 aliphatic heterocycles. The second-order valence-corrected chi connectivity index (χ2v) is 3.80. The van der Waals surface area contributed by atoms with Gasteiger partial charge < -0.3 is 16.2 Å². The first-order valence-corrected chi connectivity index (χ1v) is 4.43. The fraction of sp³-hybridized carbons (Fsp3) is 1.00. The van der Waals surface area contributed by atoms with Crippen molar-refractivity contribution < 1.29 is 5.11 Å². The molecule has 1 saturated heterocycles. The third-order valence-corrected chi connectivity index (χ3v) is 3.16. The predicted molar refractivity (Wildman–Crippen MR) is 43.1 cm³/mol. The Labute approximate surface area is 67.0 Å². The summed E-state index contributed by atoms with van der Waals surface area (Å²) >= 11 is 0. The summed E-state index contributed by atoms with van der Waals surface area (Å²) < 4.78 is 0. The van der Waals surface area contributed by atoms with Gasteiger partial charge in [0.25, 0.3) is 0 Å². The minimum atomic E-state index is -0.254. The molecule has 3 heteroatoms. The first kappa shape index (κ1) is 7.53. The van der Waals surface area contributed by atoms with Gasteiger partial charge in [0.15, 0.2) is 0 Å². The zero-order chi connectivity index (χ0) is 7.84. The van der Waals surface area contributed by atoms with E-state index in [9.17, 15) is 5.11 Å². The Morgan fingerprint density at radius 1 is 1.27 bits per heavy atom. The predicted octanol–water partition coefficient (Wildman–Crippen LogP) is -0.696. The molecule has 64 valence electrons. The number of aliphatic hydroxyl groups is 1. The van der Waals surface area contributed by atoms with Crippen molar-refractivity contribution in [1.82, 2.24) is 5.32 Å². The molecular formula is C8H16N2O. The molecule has 0 radical (unpaired) electrons. The third kappa shape index (κ3) is 1.17. The van der Waals surface area contributed by atoms with Crippen LogP contribution in [0.1, 0.15) is 12.8 Å². The van der Waals surface area contributed by atoms with E-state index >= 15 is 0 Å². The van der Waals surface area contributed by atoms with Gasteiger partial charge in [0.1, 0.15) is 0 Å². The molecule has 0 aromatic rings. The van der Waals surface area contributed by atoms with Crippen molar-refractivity contribution in [3.8, 4) is 0 Å². The maximum Gasteiger partial charge on any atom is 0.0694 e. The van der Waals surface area contributed by atoms with Gasteiger partial charge in [-0.25, -0.2) is 0 Å². The lowest BCUT2D eigenvalue weighted by atomic mass is 9.77. The van der Waals surface area contributed by atoms with Crippen LogP contribution in [0.4, 0.5) is 0 Å². The Morgan fingerprint density at radius 3 is 2.91 bits per heavy atom. The number of rotatable bonds is 0. The number of nitrogens with two attached hydrogens (primary N) is 1. The van der Waals surface area contributed by atoms with Crippen LogP contribution in [-0.2, 0) is 0 Å². The standard InChI is InChI=1S/C8H16N2O/c9-8-6-4-10-3-5(6)1-2-7(8)11/h5-8,10-11H,1-4,9H2/t5-,6+,7-,8+/m1/s1. The minimum Gasteiger partial charge on any atom is -0.392 e. The molecule has 4 atom stereocenters. The van der Waals surface area contributed by atoms with E-state index in [2.05, 4.69) is 5.32 Å². The Balaban J connectivity index is 2.06. The molecule has 1 saturated carbocycles. The van der Waals surface area contributed by atoms with E-state index in [1.807, 2.05) is 0 Å². The monoisotopic (exact) mass is 156 g/mol. The maximum atomic E-state index is 9.47. The summed E-state index contributed by atoms with van der Waals surface area (Å²) in [5, 5.41) is 12.8. The summed E-state index contributed by atoms with van der Waals surface area (Å²) in [4.78, 5) is 0. The summed E-state index contributed by atoms with van der Waals surface area (Å²) in [5.41, 5.74) is 5.87. The fourth-order valence-corrected chi connectivity index (χ4v) is 2.38. The maximum absolute atomic E-state index is 9.47. The number of nitrogens with one attached hydrogen (secondary N) is 1. The zero-order valence-electron chi connectivity index (χ0n) is 6.66. The van der Waals surface area contributed by atoms with Crippen molar-refractivity contribution >= 4 is 0 Å². The highest BCUT2D eigenvalue weighted by molar-refractivity contribution is 4.95. The fourth-order valence-electron chi connectivity index (χ4n) is 2.38. The van der Waals surface area contributed by atoms with Gasteiger partial charge in [0, 0.05) is 6.04 Å². The Hall–Kier alpha value is -0.120. The first-order chi connectivity index (χ1) is 5.29. The topological polar surface area (TPSA) is 58.3 Å². The summed E-state index contributed by atoms with van der Waals surface area (Å²) in [6.07, 6.45) is 1.78. The molecule has 1 heterocycles. The van der Waals surface area contributed by atoms with Crippen LogP contribution in [-0.4, -0.2) is 30.3 Å². The molecule has 2 fully saturated rings. The Morgan fingerprint density at radius 2 is 2.09 bits per heavy atom. The average molecular weight is 156 g/mol.